The van der Waals surface area contributed by atoms with Gasteiger partial charge < -0.3 is 10.6 Å². The normalized spacial score (nSPS) is 12.9. The monoisotopic (exact) mass is 421 g/mol. The van der Waals surface area contributed by atoms with Crippen LogP contribution in [0.5, 0.6) is 0 Å². The number of anilines is 1. The van der Waals surface area contributed by atoms with Crippen molar-refractivity contribution in [1.29, 1.82) is 0 Å². The number of hydrogen-bond donors (Lipinski definition) is 2. The van der Waals surface area contributed by atoms with Gasteiger partial charge in [0.2, 0.25) is 5.91 Å². The standard InChI is InChI=1S/C20H19N7O4/c28-18(10-11-21-20(29)13-4-6-17(7-5-13)27(30)31)22-15-3-1-2-14(12-15)19-23-24-25-26(19)16-8-9-16/h1-7,12,16H,8-11H2,(H,21,29)(H,22,28). The van der Waals surface area contributed by atoms with Crippen LogP contribution in [-0.2, 0) is 4.79 Å². The van der Waals surface area contributed by atoms with E-state index in [2.05, 4.69) is 26.2 Å². The number of tetrazole rings is 1. The smallest absolute Gasteiger partial charge is 0.269 e. The van der Waals surface area contributed by atoms with Crippen LogP contribution in [0.25, 0.3) is 11.4 Å². The van der Waals surface area contributed by atoms with Crippen molar-refractivity contribution in [3.05, 3.63) is 64.2 Å². The Hall–Kier alpha value is -4.15. The number of rotatable bonds is 8. The molecule has 11 nitrogen and oxygen atoms in total. The molecule has 1 aliphatic rings. The van der Waals surface area contributed by atoms with Crippen LogP contribution >= 0.6 is 0 Å². The fourth-order valence-electron chi connectivity index (χ4n) is 3.03. The average molecular weight is 421 g/mol. The van der Waals surface area contributed by atoms with Crippen molar-refractivity contribution in [3.8, 4) is 11.4 Å². The van der Waals surface area contributed by atoms with Crippen LogP contribution in [0.1, 0.15) is 35.7 Å². The first-order chi connectivity index (χ1) is 15.0. The minimum Gasteiger partial charge on any atom is -0.352 e. The van der Waals surface area contributed by atoms with E-state index in [1.165, 1.54) is 24.3 Å². The molecule has 1 aliphatic carbocycles. The third-order valence-corrected chi connectivity index (χ3v) is 4.77. The van der Waals surface area contributed by atoms with Crippen LogP contribution in [-0.4, -0.2) is 43.5 Å². The Labute approximate surface area is 176 Å². The van der Waals surface area contributed by atoms with Crippen molar-refractivity contribution in [2.45, 2.75) is 25.3 Å². The summed E-state index contributed by atoms with van der Waals surface area (Å²) in [5, 5.41) is 28.0. The van der Waals surface area contributed by atoms with Crippen LogP contribution in [0.2, 0.25) is 0 Å². The molecule has 2 amide bonds. The lowest BCUT2D eigenvalue weighted by atomic mass is 10.2. The molecule has 0 bridgehead atoms. The fourth-order valence-corrected chi connectivity index (χ4v) is 3.03. The Morgan fingerprint density at radius 2 is 1.94 bits per heavy atom. The van der Waals surface area contributed by atoms with Gasteiger partial charge in [-0.1, -0.05) is 12.1 Å². The van der Waals surface area contributed by atoms with Crippen molar-refractivity contribution in [2.24, 2.45) is 0 Å². The summed E-state index contributed by atoms with van der Waals surface area (Å²) in [5.74, 6) is -0.00602. The highest BCUT2D eigenvalue weighted by Gasteiger charge is 2.28. The number of nitrogens with zero attached hydrogens (tertiary/aromatic N) is 5. The van der Waals surface area contributed by atoms with Crippen LogP contribution < -0.4 is 10.6 Å². The summed E-state index contributed by atoms with van der Waals surface area (Å²) in [5.41, 5.74) is 1.60. The molecule has 1 saturated carbocycles. The third-order valence-electron chi connectivity index (χ3n) is 4.77. The van der Waals surface area contributed by atoms with Crippen molar-refractivity contribution in [1.82, 2.24) is 25.5 Å². The number of amides is 2. The van der Waals surface area contributed by atoms with E-state index in [1.807, 2.05) is 12.1 Å². The predicted molar refractivity (Wildman–Crippen MR) is 110 cm³/mol. The fraction of sp³-hybridized carbons (Fsp3) is 0.250. The zero-order chi connectivity index (χ0) is 21.8. The molecule has 31 heavy (non-hydrogen) atoms. The molecule has 0 saturated heterocycles. The number of carbonyl (C=O) groups is 2. The highest BCUT2D eigenvalue weighted by Crippen LogP contribution is 2.36. The third kappa shape index (κ3) is 4.89. The number of non-ortho nitro benzene ring substituents is 1. The molecule has 1 fully saturated rings. The molecule has 4 rings (SSSR count). The number of hydrogen-bond acceptors (Lipinski definition) is 7. The maximum Gasteiger partial charge on any atom is 0.269 e. The minimum absolute atomic E-state index is 0.0722. The van der Waals surface area contributed by atoms with Gasteiger partial charge in [-0.2, -0.15) is 0 Å². The largest absolute Gasteiger partial charge is 0.352 e. The van der Waals surface area contributed by atoms with E-state index in [4.69, 9.17) is 0 Å². The Morgan fingerprint density at radius 3 is 2.65 bits per heavy atom. The van der Waals surface area contributed by atoms with Gasteiger partial charge in [0.25, 0.3) is 11.6 Å². The van der Waals surface area contributed by atoms with Gasteiger partial charge in [0.05, 0.1) is 11.0 Å². The second kappa shape index (κ2) is 8.69. The SMILES string of the molecule is O=C(CCNC(=O)c1ccc([N+](=O)[O-])cc1)Nc1cccc(-c2nnnn2C2CC2)c1. The number of aromatic nitrogens is 4. The van der Waals surface area contributed by atoms with Crippen LogP contribution in [0.15, 0.2) is 48.5 Å². The van der Waals surface area contributed by atoms with Gasteiger partial charge in [-0.3, -0.25) is 19.7 Å². The molecule has 2 aromatic carbocycles. The molecule has 2 N–H and O–H groups in total. The second-order valence-corrected chi connectivity index (χ2v) is 7.12. The summed E-state index contributed by atoms with van der Waals surface area (Å²) in [4.78, 5) is 34.5. The van der Waals surface area contributed by atoms with Gasteiger partial charge in [-0.15, -0.1) is 5.10 Å². The number of carbonyl (C=O) groups excluding carboxylic acids is 2. The molecule has 11 heteroatoms. The topological polar surface area (TPSA) is 145 Å². The number of nitro benzene ring substituents is 1. The van der Waals surface area contributed by atoms with Gasteiger partial charge in [-0.25, -0.2) is 4.68 Å². The quantitative estimate of drug-likeness (QED) is 0.419. The molecule has 0 unspecified atom stereocenters. The van der Waals surface area contributed by atoms with Gasteiger partial charge in [0, 0.05) is 41.9 Å². The van der Waals surface area contributed by atoms with Crippen LogP contribution in [0.4, 0.5) is 11.4 Å². The van der Waals surface area contributed by atoms with E-state index in [0.29, 0.717) is 17.6 Å². The number of nitro groups is 1. The summed E-state index contributed by atoms with van der Waals surface area (Å²) in [6, 6.07) is 12.9. The van der Waals surface area contributed by atoms with E-state index >= 15 is 0 Å². The lowest BCUT2D eigenvalue weighted by Crippen LogP contribution is -2.27. The molecular formula is C20H19N7O4. The molecule has 0 aliphatic heterocycles. The van der Waals surface area contributed by atoms with E-state index < -0.39 is 10.8 Å². The summed E-state index contributed by atoms with van der Waals surface area (Å²) < 4.78 is 1.80. The van der Waals surface area contributed by atoms with Gasteiger partial charge in [0.1, 0.15) is 0 Å². The second-order valence-electron chi connectivity index (χ2n) is 7.12. The van der Waals surface area contributed by atoms with E-state index in [9.17, 15) is 19.7 Å². The minimum atomic E-state index is -0.534. The Morgan fingerprint density at radius 1 is 1.16 bits per heavy atom. The van der Waals surface area contributed by atoms with Crippen LogP contribution in [0.3, 0.4) is 0 Å². The van der Waals surface area contributed by atoms with Gasteiger partial charge in [0.15, 0.2) is 5.82 Å². The maximum atomic E-state index is 12.3. The van der Waals surface area contributed by atoms with E-state index in [1.54, 1.807) is 16.8 Å². The summed E-state index contributed by atoms with van der Waals surface area (Å²) in [7, 11) is 0. The zero-order valence-corrected chi connectivity index (χ0v) is 16.4. The zero-order valence-electron chi connectivity index (χ0n) is 16.4. The highest BCUT2D eigenvalue weighted by atomic mass is 16.6. The molecule has 0 atom stereocenters. The van der Waals surface area contributed by atoms with Crippen molar-refractivity contribution >= 4 is 23.2 Å². The Balaban J connectivity index is 1.29. The first kappa shape index (κ1) is 20.1. The Bertz CT molecular complexity index is 1120. The molecular weight excluding hydrogens is 402 g/mol. The average Bonchev–Trinajstić information content (AvgIpc) is 3.50. The van der Waals surface area contributed by atoms with Gasteiger partial charge in [-0.05, 0) is 47.5 Å². The van der Waals surface area contributed by atoms with Crippen LogP contribution in [0, 0.1) is 10.1 Å². The van der Waals surface area contributed by atoms with Crippen molar-refractivity contribution < 1.29 is 14.5 Å². The van der Waals surface area contributed by atoms with Gasteiger partial charge >= 0.3 is 0 Å². The van der Waals surface area contributed by atoms with Crippen molar-refractivity contribution in [2.75, 3.05) is 11.9 Å². The first-order valence-corrected chi connectivity index (χ1v) is 9.72. The summed E-state index contributed by atoms with van der Waals surface area (Å²) in [6.45, 7) is 0.126. The highest BCUT2D eigenvalue weighted by molar-refractivity contribution is 5.95. The number of nitrogens with one attached hydrogen (secondary N) is 2. The Kier molecular flexibility index (Phi) is 5.65. The molecule has 1 heterocycles. The summed E-state index contributed by atoms with van der Waals surface area (Å²) in [6.07, 6.45) is 2.18. The molecule has 158 valence electrons. The molecule has 3 aromatic rings. The van der Waals surface area contributed by atoms with E-state index in [-0.39, 0.29) is 30.1 Å². The maximum absolute atomic E-state index is 12.3. The lowest BCUT2D eigenvalue weighted by molar-refractivity contribution is -0.384. The predicted octanol–water partition coefficient (Wildman–Crippen LogP) is 2.34. The van der Waals surface area contributed by atoms with E-state index in [0.717, 1.165) is 18.4 Å². The molecule has 0 radical (unpaired) electrons. The molecule has 1 aromatic heterocycles. The summed E-state index contributed by atoms with van der Waals surface area (Å²) >= 11 is 0. The number of benzene rings is 2. The van der Waals surface area contributed by atoms with Crippen molar-refractivity contribution in [3.63, 3.8) is 0 Å². The molecule has 0 spiro atoms. The first-order valence-electron chi connectivity index (χ1n) is 9.72. The lowest BCUT2D eigenvalue weighted by Gasteiger charge is -2.08.